The summed E-state index contributed by atoms with van der Waals surface area (Å²) in [6.07, 6.45) is 7.46. The third kappa shape index (κ3) is 5.88. The predicted molar refractivity (Wildman–Crippen MR) is 97.9 cm³/mol. The molecule has 5 heteroatoms. The number of carbonyl (C=O) groups is 2. The molecule has 1 heterocycles. The first-order chi connectivity index (χ1) is 12.1. The summed E-state index contributed by atoms with van der Waals surface area (Å²) >= 11 is 0. The van der Waals surface area contributed by atoms with E-state index in [-0.39, 0.29) is 11.9 Å². The molecule has 2 aromatic rings. The molecule has 0 spiro atoms. The highest BCUT2D eigenvalue weighted by Gasteiger charge is 2.07. The Labute approximate surface area is 147 Å². The summed E-state index contributed by atoms with van der Waals surface area (Å²) in [6.45, 7) is 1.48. The maximum Gasteiger partial charge on any atom is 0.305 e. The number of unbranched alkanes of at least 4 members (excludes halogenated alkanes) is 1. The lowest BCUT2D eigenvalue weighted by Gasteiger charge is -2.11. The number of hydrogen-bond acceptors (Lipinski definition) is 4. The zero-order valence-electron chi connectivity index (χ0n) is 14.5. The fraction of sp³-hybridized carbons (Fsp3) is 0.250. The Morgan fingerprint density at radius 2 is 2.00 bits per heavy atom. The second-order valence-electron chi connectivity index (χ2n) is 5.59. The quantitative estimate of drug-likeness (QED) is 0.615. The SMILES string of the molecule is COC(=O)CCC/C=C(/c1cccnc1)c1cccc(NC(C)=O)c1. The van der Waals surface area contributed by atoms with E-state index in [2.05, 4.69) is 21.1 Å². The number of ether oxygens (including phenoxy) is 1. The molecule has 1 aromatic heterocycles. The Morgan fingerprint density at radius 1 is 1.20 bits per heavy atom. The van der Waals surface area contributed by atoms with Gasteiger partial charge in [-0.1, -0.05) is 24.3 Å². The van der Waals surface area contributed by atoms with Crippen LogP contribution in [0.1, 0.15) is 37.3 Å². The van der Waals surface area contributed by atoms with Gasteiger partial charge in [0.1, 0.15) is 0 Å². The van der Waals surface area contributed by atoms with E-state index in [1.807, 2.05) is 36.4 Å². The molecule has 0 fully saturated rings. The van der Waals surface area contributed by atoms with Gasteiger partial charge in [-0.3, -0.25) is 14.6 Å². The average molecular weight is 338 g/mol. The molecule has 0 saturated heterocycles. The standard InChI is InChI=1S/C20H22N2O3/c1-15(23)22-18-9-5-7-16(13-18)19(17-8-6-12-21-14-17)10-3-4-11-20(24)25-2/h5-10,12-14H,3-4,11H2,1-2H3,(H,22,23)/b19-10+. The van der Waals surface area contributed by atoms with E-state index in [1.165, 1.54) is 14.0 Å². The van der Waals surface area contributed by atoms with E-state index in [4.69, 9.17) is 0 Å². The number of methoxy groups -OCH3 is 1. The van der Waals surface area contributed by atoms with Gasteiger partial charge in [0.15, 0.2) is 0 Å². The molecule has 0 unspecified atom stereocenters. The third-order valence-electron chi connectivity index (χ3n) is 3.63. The molecule has 1 aromatic carbocycles. The van der Waals surface area contributed by atoms with Crippen LogP contribution in [-0.2, 0) is 14.3 Å². The number of hydrogen-bond donors (Lipinski definition) is 1. The third-order valence-corrected chi connectivity index (χ3v) is 3.63. The van der Waals surface area contributed by atoms with Crippen molar-refractivity contribution in [3.8, 4) is 0 Å². The molecule has 0 saturated carbocycles. The molecule has 0 atom stereocenters. The minimum Gasteiger partial charge on any atom is -0.469 e. The van der Waals surface area contributed by atoms with Crippen molar-refractivity contribution >= 4 is 23.1 Å². The minimum atomic E-state index is -0.205. The highest BCUT2D eigenvalue weighted by Crippen LogP contribution is 2.26. The van der Waals surface area contributed by atoms with Crippen molar-refractivity contribution < 1.29 is 14.3 Å². The molecule has 5 nitrogen and oxygen atoms in total. The highest BCUT2D eigenvalue weighted by molar-refractivity contribution is 5.90. The highest BCUT2D eigenvalue weighted by atomic mass is 16.5. The number of nitrogens with one attached hydrogen (secondary N) is 1. The molecule has 0 aliphatic heterocycles. The maximum absolute atomic E-state index is 11.3. The Kier molecular flexibility index (Phi) is 6.89. The number of rotatable bonds is 7. The van der Waals surface area contributed by atoms with E-state index >= 15 is 0 Å². The van der Waals surface area contributed by atoms with Gasteiger partial charge in [-0.25, -0.2) is 0 Å². The molecular weight excluding hydrogens is 316 g/mol. The van der Waals surface area contributed by atoms with Crippen LogP contribution in [0.3, 0.4) is 0 Å². The molecule has 130 valence electrons. The van der Waals surface area contributed by atoms with Crippen molar-refractivity contribution in [1.29, 1.82) is 0 Å². The second-order valence-corrected chi connectivity index (χ2v) is 5.59. The summed E-state index contributed by atoms with van der Waals surface area (Å²) in [5.41, 5.74) is 3.73. The van der Waals surface area contributed by atoms with Gasteiger partial charge in [0.25, 0.3) is 0 Å². The van der Waals surface area contributed by atoms with Gasteiger partial charge in [-0.15, -0.1) is 0 Å². The maximum atomic E-state index is 11.3. The first-order valence-electron chi connectivity index (χ1n) is 8.15. The van der Waals surface area contributed by atoms with Crippen LogP contribution in [0.2, 0.25) is 0 Å². The van der Waals surface area contributed by atoms with Gasteiger partial charge in [0.05, 0.1) is 7.11 Å². The summed E-state index contributed by atoms with van der Waals surface area (Å²) in [5.74, 6) is -0.314. The number of aromatic nitrogens is 1. The van der Waals surface area contributed by atoms with Crippen molar-refractivity contribution in [3.05, 3.63) is 66.0 Å². The van der Waals surface area contributed by atoms with E-state index in [0.29, 0.717) is 12.8 Å². The average Bonchev–Trinajstić information content (AvgIpc) is 2.62. The van der Waals surface area contributed by atoms with Gasteiger partial charge >= 0.3 is 5.97 Å². The number of pyridine rings is 1. The molecule has 0 aliphatic carbocycles. The van der Waals surface area contributed by atoms with Gasteiger partial charge in [-0.2, -0.15) is 0 Å². The van der Waals surface area contributed by atoms with Gasteiger partial charge in [0, 0.05) is 37.0 Å². The Bertz CT molecular complexity index is 755. The number of amides is 1. The summed E-state index contributed by atoms with van der Waals surface area (Å²) in [5, 5.41) is 2.80. The fourth-order valence-electron chi connectivity index (χ4n) is 2.49. The van der Waals surface area contributed by atoms with Crippen molar-refractivity contribution in [2.24, 2.45) is 0 Å². The molecule has 1 amide bonds. The van der Waals surface area contributed by atoms with Crippen molar-refractivity contribution in [3.63, 3.8) is 0 Å². The van der Waals surface area contributed by atoms with E-state index < -0.39 is 0 Å². The smallest absolute Gasteiger partial charge is 0.305 e. The Hall–Kier alpha value is -2.95. The van der Waals surface area contributed by atoms with Crippen LogP contribution in [-0.4, -0.2) is 24.0 Å². The lowest BCUT2D eigenvalue weighted by Crippen LogP contribution is -2.05. The predicted octanol–water partition coefficient (Wildman–Crippen LogP) is 3.82. The molecular formula is C20H22N2O3. The van der Waals surface area contributed by atoms with E-state index in [9.17, 15) is 9.59 Å². The van der Waals surface area contributed by atoms with Crippen molar-refractivity contribution in [2.45, 2.75) is 26.2 Å². The number of allylic oxidation sites excluding steroid dienone is 1. The van der Waals surface area contributed by atoms with Crippen LogP contribution < -0.4 is 5.32 Å². The molecule has 2 rings (SSSR count). The molecule has 0 bridgehead atoms. The topological polar surface area (TPSA) is 68.3 Å². The van der Waals surface area contributed by atoms with Crippen LogP contribution in [0.5, 0.6) is 0 Å². The summed E-state index contributed by atoms with van der Waals surface area (Å²) in [4.78, 5) is 26.7. The number of anilines is 1. The Morgan fingerprint density at radius 3 is 2.68 bits per heavy atom. The number of esters is 1. The minimum absolute atomic E-state index is 0.109. The van der Waals surface area contributed by atoms with Gasteiger partial charge in [0.2, 0.25) is 5.91 Å². The van der Waals surface area contributed by atoms with Crippen molar-refractivity contribution in [1.82, 2.24) is 4.98 Å². The monoisotopic (exact) mass is 338 g/mol. The zero-order chi connectivity index (χ0) is 18.1. The van der Waals surface area contributed by atoms with Crippen LogP contribution in [0.15, 0.2) is 54.9 Å². The fourth-order valence-corrected chi connectivity index (χ4v) is 2.49. The molecule has 1 N–H and O–H groups in total. The summed E-state index contributed by atoms with van der Waals surface area (Å²) in [6, 6.07) is 11.5. The Balaban J connectivity index is 2.26. The van der Waals surface area contributed by atoms with Crippen molar-refractivity contribution in [2.75, 3.05) is 12.4 Å². The van der Waals surface area contributed by atoms with E-state index in [0.717, 1.165) is 28.8 Å². The molecule has 0 aliphatic rings. The summed E-state index contributed by atoms with van der Waals surface area (Å²) in [7, 11) is 1.40. The van der Waals surface area contributed by atoms with Crippen LogP contribution in [0, 0.1) is 0 Å². The molecule has 0 radical (unpaired) electrons. The van der Waals surface area contributed by atoms with Crippen LogP contribution in [0.4, 0.5) is 5.69 Å². The normalized spacial score (nSPS) is 11.0. The van der Waals surface area contributed by atoms with E-state index in [1.54, 1.807) is 12.4 Å². The number of nitrogens with zero attached hydrogens (tertiary/aromatic N) is 1. The first-order valence-corrected chi connectivity index (χ1v) is 8.15. The first kappa shape index (κ1) is 18.4. The number of carbonyl (C=O) groups excluding carboxylic acids is 2. The van der Waals surface area contributed by atoms with Crippen LogP contribution in [0.25, 0.3) is 5.57 Å². The molecule has 25 heavy (non-hydrogen) atoms. The zero-order valence-corrected chi connectivity index (χ0v) is 14.5. The second kappa shape index (κ2) is 9.37. The van der Waals surface area contributed by atoms with Gasteiger partial charge in [-0.05, 0) is 42.2 Å². The van der Waals surface area contributed by atoms with Gasteiger partial charge < -0.3 is 10.1 Å². The summed E-state index contributed by atoms with van der Waals surface area (Å²) < 4.78 is 4.67. The lowest BCUT2D eigenvalue weighted by molar-refractivity contribution is -0.140. The lowest BCUT2D eigenvalue weighted by atomic mass is 9.97. The number of benzene rings is 1. The van der Waals surface area contributed by atoms with Crippen LogP contribution >= 0.6 is 0 Å². The largest absolute Gasteiger partial charge is 0.469 e.